The first-order valence-electron chi connectivity index (χ1n) is 6.87. The molecule has 1 aliphatic rings. The van der Waals surface area contributed by atoms with Gasteiger partial charge < -0.3 is 5.32 Å². The Bertz CT molecular complexity index is 515. The summed E-state index contributed by atoms with van der Waals surface area (Å²) in [6, 6.07) is 2.32. The van der Waals surface area contributed by atoms with E-state index < -0.39 is 5.54 Å². The van der Waals surface area contributed by atoms with Crippen molar-refractivity contribution in [2.24, 2.45) is 0 Å². The SMILES string of the molecule is Cc1csc(S[C@H](C)C(=O)NC2(C#N)CCCCC2)n1. The van der Waals surface area contributed by atoms with Crippen molar-refractivity contribution < 1.29 is 4.79 Å². The fraction of sp³-hybridized carbons (Fsp3) is 0.643. The van der Waals surface area contributed by atoms with Crippen molar-refractivity contribution in [1.82, 2.24) is 10.3 Å². The van der Waals surface area contributed by atoms with Crippen molar-refractivity contribution in [3.05, 3.63) is 11.1 Å². The van der Waals surface area contributed by atoms with Crippen LogP contribution in [0.15, 0.2) is 9.72 Å². The number of aryl methyl sites for hydroxylation is 1. The molecule has 4 nitrogen and oxygen atoms in total. The zero-order valence-corrected chi connectivity index (χ0v) is 13.4. The van der Waals surface area contributed by atoms with Crippen molar-refractivity contribution >= 4 is 29.0 Å². The number of thiazole rings is 1. The standard InChI is InChI=1S/C14H19N3OS2/c1-10-8-19-13(16-10)20-11(2)12(18)17-14(9-15)6-4-3-5-7-14/h8,11H,3-7H2,1-2H3,(H,17,18)/t11-/m1/s1. The Balaban J connectivity index is 1.94. The van der Waals surface area contributed by atoms with E-state index >= 15 is 0 Å². The number of rotatable bonds is 4. The summed E-state index contributed by atoms with van der Waals surface area (Å²) in [4.78, 5) is 16.6. The Morgan fingerprint density at radius 1 is 1.55 bits per heavy atom. The fourth-order valence-electron chi connectivity index (χ4n) is 2.35. The van der Waals surface area contributed by atoms with Crippen LogP contribution in [0.3, 0.4) is 0 Å². The van der Waals surface area contributed by atoms with Gasteiger partial charge in [0.15, 0.2) is 4.34 Å². The molecule has 2 rings (SSSR count). The molecule has 1 amide bonds. The number of carbonyl (C=O) groups is 1. The number of nitrogens with zero attached hydrogens (tertiary/aromatic N) is 2. The average Bonchev–Trinajstić information content (AvgIpc) is 2.85. The topological polar surface area (TPSA) is 65.8 Å². The molecule has 1 atom stereocenters. The van der Waals surface area contributed by atoms with E-state index in [1.54, 1.807) is 11.3 Å². The monoisotopic (exact) mass is 309 g/mol. The summed E-state index contributed by atoms with van der Waals surface area (Å²) in [6.07, 6.45) is 4.72. The molecule has 6 heteroatoms. The van der Waals surface area contributed by atoms with Crippen molar-refractivity contribution in [1.29, 1.82) is 5.26 Å². The highest BCUT2D eigenvalue weighted by Crippen LogP contribution is 2.30. The number of nitrogens with one attached hydrogen (secondary N) is 1. The van der Waals surface area contributed by atoms with E-state index in [-0.39, 0.29) is 11.2 Å². The Labute approximate surface area is 128 Å². The molecule has 0 saturated heterocycles. The Kier molecular flexibility index (Phi) is 5.06. The molecule has 1 aromatic heterocycles. The summed E-state index contributed by atoms with van der Waals surface area (Å²) in [7, 11) is 0. The van der Waals surface area contributed by atoms with Crippen LogP contribution in [-0.4, -0.2) is 21.7 Å². The van der Waals surface area contributed by atoms with Gasteiger partial charge in [0.1, 0.15) is 5.54 Å². The number of hydrogen-bond donors (Lipinski definition) is 1. The second-order valence-electron chi connectivity index (χ2n) is 5.26. The summed E-state index contributed by atoms with van der Waals surface area (Å²) >= 11 is 3.01. The van der Waals surface area contributed by atoms with Gasteiger partial charge in [-0.2, -0.15) is 5.26 Å². The molecule has 0 spiro atoms. The third-order valence-electron chi connectivity index (χ3n) is 3.53. The number of carbonyl (C=O) groups excluding carboxylic acids is 1. The van der Waals surface area contributed by atoms with Gasteiger partial charge in [0.25, 0.3) is 0 Å². The maximum Gasteiger partial charge on any atom is 0.234 e. The van der Waals surface area contributed by atoms with Gasteiger partial charge in [-0.05, 0) is 26.7 Å². The van der Waals surface area contributed by atoms with E-state index in [0.29, 0.717) is 0 Å². The molecule has 0 aromatic carbocycles. The molecule has 1 aromatic rings. The normalized spacial score (nSPS) is 19.1. The van der Waals surface area contributed by atoms with Crippen LogP contribution >= 0.6 is 23.1 Å². The van der Waals surface area contributed by atoms with Crippen LogP contribution in [0.25, 0.3) is 0 Å². The molecule has 1 heterocycles. The van der Waals surface area contributed by atoms with Crippen molar-refractivity contribution in [3.63, 3.8) is 0 Å². The maximum atomic E-state index is 12.3. The molecule has 1 aliphatic carbocycles. The number of nitriles is 1. The van der Waals surface area contributed by atoms with Gasteiger partial charge in [-0.15, -0.1) is 11.3 Å². The first-order valence-corrected chi connectivity index (χ1v) is 8.63. The highest BCUT2D eigenvalue weighted by Gasteiger charge is 2.34. The van der Waals surface area contributed by atoms with E-state index in [2.05, 4.69) is 16.4 Å². The molecule has 20 heavy (non-hydrogen) atoms. The second-order valence-corrected chi connectivity index (χ2v) is 7.70. The Morgan fingerprint density at radius 2 is 2.25 bits per heavy atom. The molecule has 0 unspecified atom stereocenters. The smallest absolute Gasteiger partial charge is 0.234 e. The summed E-state index contributed by atoms with van der Waals surface area (Å²) in [5, 5.41) is 14.1. The fourth-order valence-corrected chi connectivity index (χ4v) is 4.33. The lowest BCUT2D eigenvalue weighted by Gasteiger charge is -2.32. The first-order chi connectivity index (χ1) is 9.54. The van der Waals surface area contributed by atoms with Crippen LogP contribution in [0.1, 0.15) is 44.7 Å². The molecule has 1 N–H and O–H groups in total. The lowest BCUT2D eigenvalue weighted by molar-refractivity contribution is -0.121. The Morgan fingerprint density at radius 3 is 2.80 bits per heavy atom. The number of amides is 1. The number of thioether (sulfide) groups is 1. The predicted molar refractivity (Wildman–Crippen MR) is 81.7 cm³/mol. The van der Waals surface area contributed by atoms with Crippen molar-refractivity contribution in [3.8, 4) is 6.07 Å². The lowest BCUT2D eigenvalue weighted by Crippen LogP contribution is -2.50. The number of hydrogen-bond acceptors (Lipinski definition) is 5. The third kappa shape index (κ3) is 3.74. The zero-order valence-electron chi connectivity index (χ0n) is 11.8. The van der Waals surface area contributed by atoms with E-state index in [1.165, 1.54) is 11.8 Å². The Hall–Kier alpha value is -1.06. The van der Waals surface area contributed by atoms with Gasteiger partial charge in [0.2, 0.25) is 5.91 Å². The van der Waals surface area contributed by atoms with E-state index in [9.17, 15) is 10.1 Å². The van der Waals surface area contributed by atoms with Crippen LogP contribution in [0.2, 0.25) is 0 Å². The molecular formula is C14H19N3OS2. The molecular weight excluding hydrogens is 290 g/mol. The summed E-state index contributed by atoms with van der Waals surface area (Å²) in [5.74, 6) is -0.0636. The third-order valence-corrected chi connectivity index (χ3v) is 5.72. The van der Waals surface area contributed by atoms with E-state index in [0.717, 1.165) is 42.1 Å². The second kappa shape index (κ2) is 6.59. The van der Waals surface area contributed by atoms with Crippen LogP contribution in [0.4, 0.5) is 0 Å². The van der Waals surface area contributed by atoms with Crippen LogP contribution < -0.4 is 5.32 Å². The van der Waals surface area contributed by atoms with Crippen molar-refractivity contribution in [2.75, 3.05) is 0 Å². The minimum absolute atomic E-state index is 0.0636. The van der Waals surface area contributed by atoms with E-state index in [1.807, 2.05) is 19.2 Å². The summed E-state index contributed by atoms with van der Waals surface area (Å²) in [6.45, 7) is 3.81. The van der Waals surface area contributed by atoms with Gasteiger partial charge >= 0.3 is 0 Å². The summed E-state index contributed by atoms with van der Waals surface area (Å²) in [5.41, 5.74) is 0.328. The van der Waals surface area contributed by atoms with Crippen molar-refractivity contribution in [2.45, 2.75) is 61.1 Å². The predicted octanol–water partition coefficient (Wildman–Crippen LogP) is 3.27. The molecule has 1 saturated carbocycles. The summed E-state index contributed by atoms with van der Waals surface area (Å²) < 4.78 is 0.903. The largest absolute Gasteiger partial charge is 0.337 e. The zero-order chi connectivity index (χ0) is 14.6. The van der Waals surface area contributed by atoms with Crippen LogP contribution in [0.5, 0.6) is 0 Å². The lowest BCUT2D eigenvalue weighted by atomic mass is 9.83. The van der Waals surface area contributed by atoms with Gasteiger partial charge in [-0.3, -0.25) is 4.79 Å². The molecule has 108 valence electrons. The maximum absolute atomic E-state index is 12.3. The van der Waals surface area contributed by atoms with Gasteiger partial charge in [-0.25, -0.2) is 4.98 Å². The van der Waals surface area contributed by atoms with Gasteiger partial charge in [0, 0.05) is 11.1 Å². The minimum Gasteiger partial charge on any atom is -0.337 e. The van der Waals surface area contributed by atoms with Crippen LogP contribution in [0, 0.1) is 18.3 Å². The van der Waals surface area contributed by atoms with Gasteiger partial charge in [0.05, 0.1) is 11.3 Å². The van der Waals surface area contributed by atoms with Crippen LogP contribution in [-0.2, 0) is 4.79 Å². The first kappa shape index (κ1) is 15.3. The van der Waals surface area contributed by atoms with E-state index in [4.69, 9.17) is 0 Å². The molecule has 0 radical (unpaired) electrons. The number of aromatic nitrogens is 1. The highest BCUT2D eigenvalue weighted by atomic mass is 32.2. The molecule has 0 bridgehead atoms. The highest BCUT2D eigenvalue weighted by molar-refractivity contribution is 8.02. The average molecular weight is 309 g/mol. The van der Waals surface area contributed by atoms with Gasteiger partial charge in [-0.1, -0.05) is 31.0 Å². The molecule has 0 aliphatic heterocycles. The quantitative estimate of drug-likeness (QED) is 0.867. The molecule has 1 fully saturated rings. The minimum atomic E-state index is -0.650.